The molecule has 2 rings (SSSR count). The summed E-state index contributed by atoms with van der Waals surface area (Å²) in [4.78, 5) is 18.6. The van der Waals surface area contributed by atoms with Crippen LogP contribution in [0.1, 0.15) is 20.8 Å². The summed E-state index contributed by atoms with van der Waals surface area (Å²) in [6.45, 7) is 5.40. The van der Waals surface area contributed by atoms with Crippen LogP contribution < -0.4 is 11.1 Å². The summed E-state index contributed by atoms with van der Waals surface area (Å²) < 4.78 is 5.20. The van der Waals surface area contributed by atoms with Crippen molar-refractivity contribution in [1.29, 1.82) is 0 Å². The van der Waals surface area contributed by atoms with Gasteiger partial charge in [0.15, 0.2) is 5.95 Å². The molecule has 1 aromatic carbocycles. The van der Waals surface area contributed by atoms with Crippen molar-refractivity contribution in [3.63, 3.8) is 0 Å². The quantitative estimate of drug-likeness (QED) is 0.789. The van der Waals surface area contributed by atoms with Gasteiger partial charge in [-0.3, -0.25) is 5.32 Å². The minimum Gasteiger partial charge on any atom is -0.444 e. The number of aromatic nitrogens is 2. The molecule has 21 heavy (non-hydrogen) atoms. The Morgan fingerprint density at radius 1 is 1.43 bits per heavy atom. The molecule has 7 heteroatoms. The van der Waals surface area contributed by atoms with E-state index in [1.54, 1.807) is 45.2 Å². The van der Waals surface area contributed by atoms with Crippen molar-refractivity contribution >= 4 is 29.3 Å². The lowest BCUT2D eigenvalue weighted by molar-refractivity contribution is 0.0636. The van der Waals surface area contributed by atoms with Crippen LogP contribution in [0.5, 0.6) is 0 Å². The number of amides is 1. The van der Waals surface area contributed by atoms with E-state index < -0.39 is 11.7 Å². The van der Waals surface area contributed by atoms with E-state index in [9.17, 15) is 4.79 Å². The monoisotopic (exact) mass is 308 g/mol. The Labute approximate surface area is 127 Å². The summed E-state index contributed by atoms with van der Waals surface area (Å²) in [6.07, 6.45) is 1.05. The molecule has 0 unspecified atom stereocenters. The maximum Gasteiger partial charge on any atom is 0.412 e. The number of ether oxygens (including phenoxy) is 1. The number of carbonyl (C=O) groups is 1. The number of rotatable bonds is 2. The lowest BCUT2D eigenvalue weighted by Gasteiger charge is -2.19. The van der Waals surface area contributed by atoms with Gasteiger partial charge in [-0.05, 0) is 39.0 Å². The second-order valence-electron chi connectivity index (χ2n) is 5.50. The van der Waals surface area contributed by atoms with Crippen molar-refractivity contribution in [1.82, 2.24) is 9.97 Å². The van der Waals surface area contributed by atoms with Gasteiger partial charge in [-0.1, -0.05) is 11.6 Å². The summed E-state index contributed by atoms with van der Waals surface area (Å²) in [5.41, 5.74) is 6.92. The Bertz CT molecular complexity index is 661. The molecule has 0 saturated carbocycles. The van der Waals surface area contributed by atoms with Gasteiger partial charge in [-0.2, -0.15) is 0 Å². The fourth-order valence-corrected chi connectivity index (χ4v) is 1.92. The Morgan fingerprint density at radius 2 is 2.14 bits per heavy atom. The predicted molar refractivity (Wildman–Crippen MR) is 83.3 cm³/mol. The molecule has 0 saturated heterocycles. The van der Waals surface area contributed by atoms with Crippen LogP contribution in [0.25, 0.3) is 11.3 Å². The first kappa shape index (κ1) is 15.2. The van der Waals surface area contributed by atoms with Crippen LogP contribution in [-0.2, 0) is 4.74 Å². The fourth-order valence-electron chi connectivity index (χ4n) is 1.70. The molecule has 0 atom stereocenters. The van der Waals surface area contributed by atoms with Gasteiger partial charge in [0.05, 0.1) is 16.9 Å². The zero-order chi connectivity index (χ0) is 15.6. The Kier molecular flexibility index (Phi) is 4.09. The number of H-pyrrole nitrogens is 1. The number of halogens is 1. The highest BCUT2D eigenvalue weighted by Gasteiger charge is 2.16. The standard InChI is InChI=1S/C14H17ClN4O2/c1-14(2,3)21-13(20)18-8-4-5-10(15)9(6-8)11-7-17-12(16)19-11/h4-7H,1-3H3,(H,18,20)(H3,16,17,19). The number of nitrogens with one attached hydrogen (secondary N) is 2. The molecule has 0 spiro atoms. The third-order valence-electron chi connectivity index (χ3n) is 2.50. The maximum absolute atomic E-state index is 11.8. The van der Waals surface area contributed by atoms with Crippen LogP contribution in [0.15, 0.2) is 24.4 Å². The summed E-state index contributed by atoms with van der Waals surface area (Å²) in [5, 5.41) is 3.18. The van der Waals surface area contributed by atoms with Gasteiger partial charge in [0.25, 0.3) is 0 Å². The number of carbonyl (C=O) groups excluding carboxylic acids is 1. The summed E-state index contributed by atoms with van der Waals surface area (Å²) in [6, 6.07) is 5.09. The van der Waals surface area contributed by atoms with Gasteiger partial charge in [0.1, 0.15) is 5.60 Å². The first-order valence-electron chi connectivity index (χ1n) is 6.35. The fraction of sp³-hybridized carbons (Fsp3) is 0.286. The maximum atomic E-state index is 11.8. The summed E-state index contributed by atoms with van der Waals surface area (Å²) in [7, 11) is 0. The molecule has 2 aromatic rings. The van der Waals surface area contributed by atoms with Gasteiger partial charge in [0, 0.05) is 11.3 Å². The first-order chi connectivity index (χ1) is 9.74. The highest BCUT2D eigenvalue weighted by atomic mass is 35.5. The van der Waals surface area contributed by atoms with Gasteiger partial charge in [-0.15, -0.1) is 0 Å². The molecule has 1 amide bonds. The largest absolute Gasteiger partial charge is 0.444 e. The topological polar surface area (TPSA) is 93.0 Å². The molecule has 0 bridgehead atoms. The predicted octanol–water partition coefficient (Wildman–Crippen LogP) is 3.66. The molecule has 1 heterocycles. The van der Waals surface area contributed by atoms with Crippen molar-refractivity contribution in [3.05, 3.63) is 29.4 Å². The van der Waals surface area contributed by atoms with Crippen LogP contribution >= 0.6 is 11.6 Å². The van der Waals surface area contributed by atoms with E-state index in [-0.39, 0.29) is 0 Å². The summed E-state index contributed by atoms with van der Waals surface area (Å²) in [5.74, 6) is 0.298. The lowest BCUT2D eigenvalue weighted by Crippen LogP contribution is -2.27. The van der Waals surface area contributed by atoms with Crippen molar-refractivity contribution in [2.45, 2.75) is 26.4 Å². The average molecular weight is 309 g/mol. The summed E-state index contributed by atoms with van der Waals surface area (Å²) >= 11 is 6.15. The number of nitrogens with two attached hydrogens (primary N) is 1. The third kappa shape index (κ3) is 4.13. The zero-order valence-corrected chi connectivity index (χ0v) is 12.8. The second-order valence-corrected chi connectivity index (χ2v) is 5.91. The molecular weight excluding hydrogens is 292 g/mol. The smallest absolute Gasteiger partial charge is 0.412 e. The minimum atomic E-state index is -0.558. The van der Waals surface area contributed by atoms with Gasteiger partial charge < -0.3 is 15.5 Å². The van der Waals surface area contributed by atoms with E-state index >= 15 is 0 Å². The number of nitrogens with zero attached hydrogens (tertiary/aromatic N) is 1. The van der Waals surface area contributed by atoms with Crippen molar-refractivity contribution in [2.24, 2.45) is 0 Å². The highest BCUT2D eigenvalue weighted by Crippen LogP contribution is 2.29. The van der Waals surface area contributed by atoms with E-state index in [1.807, 2.05) is 0 Å². The molecule has 0 aliphatic heterocycles. The van der Waals surface area contributed by atoms with Crippen molar-refractivity contribution in [2.75, 3.05) is 11.1 Å². The molecule has 4 N–H and O–H groups in total. The van der Waals surface area contributed by atoms with Crippen LogP contribution in [-0.4, -0.2) is 21.7 Å². The number of nitrogen functional groups attached to an aromatic ring is 1. The van der Waals surface area contributed by atoms with Crippen molar-refractivity contribution < 1.29 is 9.53 Å². The van der Waals surface area contributed by atoms with E-state index in [0.717, 1.165) is 0 Å². The molecule has 112 valence electrons. The van der Waals surface area contributed by atoms with E-state index in [4.69, 9.17) is 22.1 Å². The molecule has 0 radical (unpaired) electrons. The number of imidazole rings is 1. The zero-order valence-electron chi connectivity index (χ0n) is 12.0. The van der Waals surface area contributed by atoms with Crippen LogP contribution in [0.4, 0.5) is 16.4 Å². The SMILES string of the molecule is CC(C)(C)OC(=O)Nc1ccc(Cl)c(-c2cnc(N)[nH]2)c1. The van der Waals surface area contributed by atoms with Crippen LogP contribution in [0, 0.1) is 0 Å². The number of anilines is 2. The number of hydrogen-bond acceptors (Lipinski definition) is 4. The van der Waals surface area contributed by atoms with E-state index in [1.165, 1.54) is 0 Å². The molecular formula is C14H17ClN4O2. The minimum absolute atomic E-state index is 0.298. The highest BCUT2D eigenvalue weighted by molar-refractivity contribution is 6.33. The van der Waals surface area contributed by atoms with Crippen LogP contribution in [0.2, 0.25) is 5.02 Å². The Balaban J connectivity index is 2.21. The number of benzene rings is 1. The number of aromatic amines is 1. The van der Waals surface area contributed by atoms with Crippen molar-refractivity contribution in [3.8, 4) is 11.3 Å². The first-order valence-corrected chi connectivity index (χ1v) is 6.73. The molecule has 0 aliphatic rings. The Morgan fingerprint density at radius 3 is 2.71 bits per heavy atom. The second kappa shape index (κ2) is 5.65. The van der Waals surface area contributed by atoms with E-state index in [0.29, 0.717) is 27.9 Å². The Hall–Kier alpha value is -2.21. The molecule has 0 aliphatic carbocycles. The molecule has 6 nitrogen and oxygen atoms in total. The van der Waals surface area contributed by atoms with E-state index in [2.05, 4.69) is 15.3 Å². The van der Waals surface area contributed by atoms with Gasteiger partial charge >= 0.3 is 6.09 Å². The third-order valence-corrected chi connectivity index (χ3v) is 2.83. The number of hydrogen-bond donors (Lipinski definition) is 3. The van der Waals surface area contributed by atoms with Gasteiger partial charge in [-0.25, -0.2) is 9.78 Å². The normalized spacial score (nSPS) is 11.2. The lowest BCUT2D eigenvalue weighted by atomic mass is 10.1. The molecule has 1 aromatic heterocycles. The van der Waals surface area contributed by atoms with Crippen LogP contribution in [0.3, 0.4) is 0 Å². The van der Waals surface area contributed by atoms with Gasteiger partial charge in [0.2, 0.25) is 0 Å². The molecule has 0 fully saturated rings. The average Bonchev–Trinajstić information content (AvgIpc) is 2.76.